The van der Waals surface area contributed by atoms with Gasteiger partial charge in [-0.25, -0.2) is 14.4 Å². The lowest BCUT2D eigenvalue weighted by Gasteiger charge is -2.03. The van der Waals surface area contributed by atoms with Crippen LogP contribution in [-0.4, -0.2) is 15.0 Å². The Kier molecular flexibility index (Phi) is 3.20. The van der Waals surface area contributed by atoms with Gasteiger partial charge in [-0.2, -0.15) is 0 Å². The van der Waals surface area contributed by atoms with Gasteiger partial charge in [-0.3, -0.25) is 4.79 Å². The molecule has 0 aliphatic heterocycles. The highest BCUT2D eigenvalue weighted by molar-refractivity contribution is 6.16. The molecule has 0 atom stereocenters. The van der Waals surface area contributed by atoms with Crippen LogP contribution in [0.3, 0.4) is 0 Å². The van der Waals surface area contributed by atoms with E-state index in [0.29, 0.717) is 17.0 Å². The van der Waals surface area contributed by atoms with E-state index in [-0.39, 0.29) is 22.8 Å². The highest BCUT2D eigenvalue weighted by atomic mass is 35.5. The van der Waals surface area contributed by atoms with E-state index in [1.807, 2.05) is 0 Å². The van der Waals surface area contributed by atoms with Gasteiger partial charge in [0.05, 0.1) is 17.1 Å². The molecular formula is C14H9ClFN3O. The molecule has 0 saturated carbocycles. The molecule has 3 rings (SSSR count). The van der Waals surface area contributed by atoms with E-state index in [2.05, 4.69) is 15.0 Å². The Morgan fingerprint density at radius 1 is 1.10 bits per heavy atom. The number of H-pyrrole nitrogens is 1. The van der Waals surface area contributed by atoms with E-state index in [9.17, 15) is 9.18 Å². The molecule has 1 aromatic carbocycles. The SMILES string of the molecule is O=c1[nH]c(CCl)nc2ccc(-c3ccc(F)cc3)nc12. The molecule has 0 bridgehead atoms. The van der Waals surface area contributed by atoms with Crippen molar-refractivity contribution in [3.8, 4) is 11.3 Å². The highest BCUT2D eigenvalue weighted by Gasteiger charge is 2.07. The summed E-state index contributed by atoms with van der Waals surface area (Å²) in [5.74, 6) is 0.214. The summed E-state index contributed by atoms with van der Waals surface area (Å²) in [5.41, 5.74) is 1.70. The van der Waals surface area contributed by atoms with Crippen molar-refractivity contribution in [2.45, 2.75) is 5.88 Å². The molecular weight excluding hydrogens is 281 g/mol. The van der Waals surface area contributed by atoms with Crippen LogP contribution in [0.4, 0.5) is 4.39 Å². The lowest BCUT2D eigenvalue weighted by molar-refractivity contribution is 0.628. The summed E-state index contributed by atoms with van der Waals surface area (Å²) in [4.78, 5) is 23.0. The number of alkyl halides is 1. The van der Waals surface area contributed by atoms with Crippen molar-refractivity contribution in [3.63, 3.8) is 0 Å². The molecule has 0 unspecified atom stereocenters. The number of nitrogens with zero attached hydrogens (tertiary/aromatic N) is 2. The molecule has 100 valence electrons. The molecule has 0 radical (unpaired) electrons. The molecule has 20 heavy (non-hydrogen) atoms. The van der Waals surface area contributed by atoms with Crippen LogP contribution in [0, 0.1) is 5.82 Å². The summed E-state index contributed by atoms with van der Waals surface area (Å²) in [5, 5.41) is 0. The van der Waals surface area contributed by atoms with Crippen molar-refractivity contribution in [1.29, 1.82) is 0 Å². The second-order valence-corrected chi connectivity index (χ2v) is 4.48. The van der Waals surface area contributed by atoms with Gasteiger partial charge < -0.3 is 4.98 Å². The Hall–Kier alpha value is -2.27. The van der Waals surface area contributed by atoms with Crippen molar-refractivity contribution in [2.75, 3.05) is 0 Å². The zero-order chi connectivity index (χ0) is 14.1. The molecule has 3 aromatic rings. The van der Waals surface area contributed by atoms with Gasteiger partial charge in [-0.05, 0) is 36.4 Å². The smallest absolute Gasteiger partial charge is 0.277 e. The lowest BCUT2D eigenvalue weighted by Crippen LogP contribution is -2.12. The number of fused-ring (bicyclic) bond motifs is 1. The Morgan fingerprint density at radius 3 is 2.55 bits per heavy atom. The summed E-state index contributed by atoms with van der Waals surface area (Å²) < 4.78 is 12.9. The normalized spacial score (nSPS) is 10.9. The second-order valence-electron chi connectivity index (χ2n) is 4.22. The first-order valence-electron chi connectivity index (χ1n) is 5.89. The summed E-state index contributed by atoms with van der Waals surface area (Å²) in [6.07, 6.45) is 0. The van der Waals surface area contributed by atoms with Crippen LogP contribution in [0.25, 0.3) is 22.3 Å². The average molecular weight is 290 g/mol. The fourth-order valence-corrected chi connectivity index (χ4v) is 2.04. The largest absolute Gasteiger partial charge is 0.308 e. The number of hydrogen-bond acceptors (Lipinski definition) is 3. The van der Waals surface area contributed by atoms with Gasteiger partial charge in [0.15, 0.2) is 5.52 Å². The fraction of sp³-hybridized carbons (Fsp3) is 0.0714. The first kappa shape index (κ1) is 12.7. The first-order valence-corrected chi connectivity index (χ1v) is 6.42. The number of rotatable bonds is 2. The number of benzene rings is 1. The van der Waals surface area contributed by atoms with E-state index >= 15 is 0 Å². The standard InChI is InChI=1S/C14H9ClFN3O/c15-7-12-17-11-6-5-10(18-13(11)14(20)19-12)8-1-3-9(16)4-2-8/h1-6H,7H2,(H,17,19,20). The Bertz CT molecular complexity index is 830. The molecule has 0 fully saturated rings. The van der Waals surface area contributed by atoms with Crippen LogP contribution < -0.4 is 5.56 Å². The maximum absolute atomic E-state index is 12.9. The van der Waals surface area contributed by atoms with Crippen molar-refractivity contribution in [2.24, 2.45) is 0 Å². The van der Waals surface area contributed by atoms with Crippen LogP contribution in [0.1, 0.15) is 5.82 Å². The second kappa shape index (κ2) is 5.02. The van der Waals surface area contributed by atoms with Crippen molar-refractivity contribution < 1.29 is 4.39 Å². The minimum absolute atomic E-state index is 0.130. The average Bonchev–Trinajstić information content (AvgIpc) is 2.47. The topological polar surface area (TPSA) is 58.6 Å². The van der Waals surface area contributed by atoms with Crippen LogP contribution in [0.15, 0.2) is 41.2 Å². The summed E-state index contributed by atoms with van der Waals surface area (Å²) in [6, 6.07) is 9.35. The van der Waals surface area contributed by atoms with Gasteiger partial charge in [0, 0.05) is 5.56 Å². The van der Waals surface area contributed by atoms with E-state index < -0.39 is 0 Å². The molecule has 0 aliphatic carbocycles. The first-order chi connectivity index (χ1) is 9.67. The van der Waals surface area contributed by atoms with Gasteiger partial charge in [0.2, 0.25) is 0 Å². The number of pyridine rings is 1. The minimum Gasteiger partial charge on any atom is -0.308 e. The zero-order valence-corrected chi connectivity index (χ0v) is 11.0. The van der Waals surface area contributed by atoms with Crippen LogP contribution >= 0.6 is 11.6 Å². The highest BCUT2D eigenvalue weighted by Crippen LogP contribution is 2.19. The van der Waals surface area contributed by atoms with E-state index in [1.165, 1.54) is 12.1 Å². The van der Waals surface area contributed by atoms with Crippen LogP contribution in [0.5, 0.6) is 0 Å². The molecule has 4 nitrogen and oxygen atoms in total. The maximum atomic E-state index is 12.9. The number of aromatic nitrogens is 3. The Balaban J connectivity index is 2.18. The lowest BCUT2D eigenvalue weighted by atomic mass is 10.1. The monoisotopic (exact) mass is 289 g/mol. The summed E-state index contributed by atoms with van der Waals surface area (Å²) in [7, 11) is 0. The van der Waals surface area contributed by atoms with Crippen molar-refractivity contribution in [3.05, 3.63) is 58.4 Å². The molecule has 0 amide bonds. The fourth-order valence-electron chi connectivity index (χ4n) is 1.92. The molecule has 0 aliphatic rings. The molecule has 1 N–H and O–H groups in total. The maximum Gasteiger partial charge on any atom is 0.277 e. The van der Waals surface area contributed by atoms with Gasteiger partial charge in [-0.1, -0.05) is 0 Å². The van der Waals surface area contributed by atoms with Gasteiger partial charge in [0.25, 0.3) is 5.56 Å². The number of nitrogens with one attached hydrogen (secondary N) is 1. The predicted molar refractivity (Wildman–Crippen MR) is 75.1 cm³/mol. The van der Waals surface area contributed by atoms with Gasteiger partial charge in [-0.15, -0.1) is 11.6 Å². The third kappa shape index (κ3) is 2.28. The third-order valence-electron chi connectivity index (χ3n) is 2.87. The minimum atomic E-state index is -0.338. The third-order valence-corrected chi connectivity index (χ3v) is 3.12. The summed E-state index contributed by atoms with van der Waals surface area (Å²) >= 11 is 5.65. The zero-order valence-electron chi connectivity index (χ0n) is 10.2. The van der Waals surface area contributed by atoms with E-state index in [0.717, 1.165) is 5.56 Å². The molecule has 2 heterocycles. The van der Waals surface area contributed by atoms with Gasteiger partial charge in [0.1, 0.15) is 11.6 Å². The van der Waals surface area contributed by atoms with E-state index in [4.69, 9.17) is 11.6 Å². The molecule has 0 spiro atoms. The summed E-state index contributed by atoms with van der Waals surface area (Å²) in [6.45, 7) is 0. The Morgan fingerprint density at radius 2 is 1.85 bits per heavy atom. The molecule has 6 heteroatoms. The Labute approximate surface area is 118 Å². The number of aromatic amines is 1. The molecule has 0 saturated heterocycles. The predicted octanol–water partition coefficient (Wildman–Crippen LogP) is 2.86. The van der Waals surface area contributed by atoms with Crippen molar-refractivity contribution >= 4 is 22.6 Å². The number of hydrogen-bond donors (Lipinski definition) is 1. The van der Waals surface area contributed by atoms with Crippen LogP contribution in [-0.2, 0) is 5.88 Å². The molecule has 2 aromatic heterocycles. The quantitative estimate of drug-likeness (QED) is 0.738. The van der Waals surface area contributed by atoms with E-state index in [1.54, 1.807) is 24.3 Å². The van der Waals surface area contributed by atoms with Crippen LogP contribution in [0.2, 0.25) is 0 Å². The number of halogens is 2. The van der Waals surface area contributed by atoms with Crippen molar-refractivity contribution in [1.82, 2.24) is 15.0 Å². The van der Waals surface area contributed by atoms with Gasteiger partial charge >= 0.3 is 0 Å².